The molecule has 0 aromatic heterocycles. The molecule has 0 aromatic carbocycles. The molecule has 2 aliphatic carbocycles. The molecule has 2 aliphatic rings. The average Bonchev–Trinajstić information content (AvgIpc) is 2.92. The molecule has 0 bridgehead atoms. The smallest absolute Gasteiger partial charge is 0.303 e. The van der Waals surface area contributed by atoms with Gasteiger partial charge >= 0.3 is 5.97 Å². The minimum Gasteiger partial charge on any atom is -0.481 e. The molecule has 2 N–H and O–H groups in total. The first-order valence-electron chi connectivity index (χ1n) is 8.52. The average molecular weight is 295 g/mol. The number of aliphatic carboxylic acids is 1. The highest BCUT2D eigenvalue weighted by Gasteiger charge is 2.37. The second-order valence-electron chi connectivity index (χ2n) is 7.21. The van der Waals surface area contributed by atoms with Crippen LogP contribution in [0, 0.1) is 11.3 Å². The maximum absolute atomic E-state index is 12.4. The maximum atomic E-state index is 12.4. The molecule has 0 heterocycles. The first-order valence-corrected chi connectivity index (χ1v) is 8.52. The van der Waals surface area contributed by atoms with Gasteiger partial charge in [-0.3, -0.25) is 9.59 Å². The number of hydrogen-bond donors (Lipinski definition) is 2. The fourth-order valence-corrected chi connectivity index (χ4v) is 4.26. The quantitative estimate of drug-likeness (QED) is 0.788. The number of nitrogens with one attached hydrogen (secondary N) is 1. The summed E-state index contributed by atoms with van der Waals surface area (Å²) in [6.07, 6.45) is 10.5. The van der Waals surface area contributed by atoms with Crippen molar-refractivity contribution in [2.75, 3.05) is 0 Å². The van der Waals surface area contributed by atoms with E-state index in [9.17, 15) is 9.59 Å². The Kier molecular flexibility index (Phi) is 5.65. The van der Waals surface area contributed by atoms with Crippen LogP contribution in [0.4, 0.5) is 0 Å². The Morgan fingerprint density at radius 2 is 1.71 bits per heavy atom. The molecule has 0 aromatic rings. The Labute approximate surface area is 127 Å². The SMILES string of the molecule is CC(NC(=O)CC1(CC(=O)O)CCCCC1)C1CCCC1. The predicted octanol–water partition coefficient (Wildman–Crippen LogP) is 3.50. The number of carbonyl (C=O) groups is 2. The van der Waals surface area contributed by atoms with Gasteiger partial charge in [-0.15, -0.1) is 0 Å². The highest BCUT2D eigenvalue weighted by molar-refractivity contribution is 5.78. The van der Waals surface area contributed by atoms with E-state index in [4.69, 9.17) is 5.11 Å². The molecule has 0 spiro atoms. The monoisotopic (exact) mass is 295 g/mol. The summed E-state index contributed by atoms with van der Waals surface area (Å²) in [5.74, 6) is -0.109. The summed E-state index contributed by atoms with van der Waals surface area (Å²) in [6, 6.07) is 0.227. The van der Waals surface area contributed by atoms with Crippen LogP contribution in [0.3, 0.4) is 0 Å². The Morgan fingerprint density at radius 3 is 2.29 bits per heavy atom. The minimum absolute atomic E-state index is 0.0533. The molecule has 120 valence electrons. The summed E-state index contributed by atoms with van der Waals surface area (Å²) < 4.78 is 0. The number of amides is 1. The van der Waals surface area contributed by atoms with Gasteiger partial charge in [-0.25, -0.2) is 0 Å². The summed E-state index contributed by atoms with van der Waals surface area (Å²) in [5, 5.41) is 12.3. The van der Waals surface area contributed by atoms with E-state index in [1.165, 1.54) is 32.1 Å². The van der Waals surface area contributed by atoms with Gasteiger partial charge in [-0.2, -0.15) is 0 Å². The molecular formula is C17H29NO3. The third-order valence-corrected chi connectivity index (χ3v) is 5.47. The summed E-state index contributed by atoms with van der Waals surface area (Å²) in [6.45, 7) is 2.10. The van der Waals surface area contributed by atoms with Crippen molar-refractivity contribution in [1.82, 2.24) is 5.32 Å². The van der Waals surface area contributed by atoms with Crippen molar-refractivity contribution in [1.29, 1.82) is 0 Å². The van der Waals surface area contributed by atoms with Crippen molar-refractivity contribution in [2.24, 2.45) is 11.3 Å². The maximum Gasteiger partial charge on any atom is 0.303 e. The van der Waals surface area contributed by atoms with Gasteiger partial charge in [-0.1, -0.05) is 32.1 Å². The molecule has 1 amide bonds. The zero-order valence-corrected chi connectivity index (χ0v) is 13.2. The van der Waals surface area contributed by atoms with Gasteiger partial charge in [0, 0.05) is 12.5 Å². The van der Waals surface area contributed by atoms with Crippen LogP contribution < -0.4 is 5.32 Å². The van der Waals surface area contributed by atoms with Gasteiger partial charge in [0.25, 0.3) is 0 Å². The van der Waals surface area contributed by atoms with E-state index in [0.29, 0.717) is 12.3 Å². The van der Waals surface area contributed by atoms with Crippen LogP contribution >= 0.6 is 0 Å². The first-order chi connectivity index (χ1) is 10.0. The Bertz CT molecular complexity index is 368. The minimum atomic E-state index is -0.770. The second kappa shape index (κ2) is 7.28. The van der Waals surface area contributed by atoms with Gasteiger partial charge in [0.1, 0.15) is 0 Å². The van der Waals surface area contributed by atoms with Crippen LogP contribution in [0.1, 0.15) is 77.6 Å². The lowest BCUT2D eigenvalue weighted by Gasteiger charge is -2.36. The van der Waals surface area contributed by atoms with E-state index < -0.39 is 5.97 Å². The van der Waals surface area contributed by atoms with Crippen LogP contribution in [0.25, 0.3) is 0 Å². The normalized spacial score (nSPS) is 23.7. The lowest BCUT2D eigenvalue weighted by Crippen LogP contribution is -2.41. The summed E-state index contributed by atoms with van der Waals surface area (Å²) in [4.78, 5) is 23.5. The van der Waals surface area contributed by atoms with Crippen molar-refractivity contribution in [3.8, 4) is 0 Å². The van der Waals surface area contributed by atoms with Gasteiger partial charge in [0.05, 0.1) is 6.42 Å². The highest BCUT2D eigenvalue weighted by Crippen LogP contribution is 2.42. The van der Waals surface area contributed by atoms with E-state index in [1.54, 1.807) is 0 Å². The Balaban J connectivity index is 1.89. The molecular weight excluding hydrogens is 266 g/mol. The van der Waals surface area contributed by atoms with Crippen molar-refractivity contribution in [2.45, 2.75) is 83.6 Å². The van der Waals surface area contributed by atoms with Gasteiger partial charge in [0.2, 0.25) is 5.91 Å². The molecule has 2 rings (SSSR count). The molecule has 1 unspecified atom stereocenters. The fourth-order valence-electron chi connectivity index (χ4n) is 4.26. The largest absolute Gasteiger partial charge is 0.481 e. The van der Waals surface area contributed by atoms with Crippen LogP contribution in [-0.4, -0.2) is 23.0 Å². The van der Waals surface area contributed by atoms with E-state index in [-0.39, 0.29) is 23.8 Å². The van der Waals surface area contributed by atoms with Crippen molar-refractivity contribution < 1.29 is 14.7 Å². The Morgan fingerprint density at radius 1 is 1.10 bits per heavy atom. The van der Waals surface area contributed by atoms with Crippen molar-refractivity contribution in [3.05, 3.63) is 0 Å². The predicted molar refractivity (Wildman–Crippen MR) is 82.0 cm³/mol. The standard InChI is InChI=1S/C17H29NO3/c1-13(14-7-3-4-8-14)18-15(19)11-17(12-16(20)21)9-5-2-6-10-17/h13-14H,2-12H2,1H3,(H,18,19)(H,20,21). The van der Waals surface area contributed by atoms with Crippen LogP contribution in [0.5, 0.6) is 0 Å². The molecule has 0 saturated heterocycles. The van der Waals surface area contributed by atoms with Gasteiger partial charge in [0.15, 0.2) is 0 Å². The number of carboxylic acids is 1. The Hall–Kier alpha value is -1.06. The molecule has 0 radical (unpaired) electrons. The van der Waals surface area contributed by atoms with E-state index in [2.05, 4.69) is 12.2 Å². The second-order valence-corrected chi connectivity index (χ2v) is 7.21. The van der Waals surface area contributed by atoms with Crippen molar-refractivity contribution in [3.63, 3.8) is 0 Å². The fraction of sp³-hybridized carbons (Fsp3) is 0.882. The summed E-state index contributed by atoms with van der Waals surface area (Å²) in [5.41, 5.74) is -0.302. The van der Waals surface area contributed by atoms with Crippen LogP contribution in [0.15, 0.2) is 0 Å². The summed E-state index contributed by atoms with van der Waals surface area (Å²) >= 11 is 0. The van der Waals surface area contributed by atoms with Gasteiger partial charge < -0.3 is 10.4 Å². The highest BCUT2D eigenvalue weighted by atomic mass is 16.4. The molecule has 0 aliphatic heterocycles. The number of rotatable bonds is 6. The molecule has 1 atom stereocenters. The van der Waals surface area contributed by atoms with Crippen LogP contribution in [0.2, 0.25) is 0 Å². The topological polar surface area (TPSA) is 66.4 Å². The molecule has 4 heteroatoms. The molecule has 2 fully saturated rings. The zero-order valence-electron chi connectivity index (χ0n) is 13.2. The van der Waals surface area contributed by atoms with E-state index in [0.717, 1.165) is 25.7 Å². The number of hydrogen-bond acceptors (Lipinski definition) is 2. The van der Waals surface area contributed by atoms with E-state index >= 15 is 0 Å². The molecule has 2 saturated carbocycles. The lowest BCUT2D eigenvalue weighted by atomic mass is 9.69. The lowest BCUT2D eigenvalue weighted by molar-refractivity contribution is -0.141. The third-order valence-electron chi connectivity index (χ3n) is 5.47. The summed E-state index contributed by atoms with van der Waals surface area (Å²) in [7, 11) is 0. The molecule has 4 nitrogen and oxygen atoms in total. The van der Waals surface area contributed by atoms with Crippen molar-refractivity contribution >= 4 is 11.9 Å². The van der Waals surface area contributed by atoms with Gasteiger partial charge in [-0.05, 0) is 43.9 Å². The van der Waals surface area contributed by atoms with E-state index in [1.807, 2.05) is 0 Å². The third kappa shape index (κ3) is 4.72. The number of carbonyl (C=O) groups excluding carboxylic acids is 1. The zero-order chi connectivity index (χ0) is 15.3. The first kappa shape index (κ1) is 16.3. The molecule has 21 heavy (non-hydrogen) atoms. The van der Waals surface area contributed by atoms with Crippen LogP contribution in [-0.2, 0) is 9.59 Å². The number of carboxylic acid groups (broad SMARTS) is 1.